The lowest BCUT2D eigenvalue weighted by atomic mass is 10.0. The standard InChI is InChI=1S/C14H19F9N2O.FH/c1-24-4-6-25(7-5-24)11(16)13(19,20)9-3-2-8(26-9)12(17,18)10(15)14(21,22)23;/h8-11H,2-7H2,1H3;1H. The first-order valence-electron chi connectivity index (χ1n) is 7.96. The minimum atomic E-state index is -5.87. The van der Waals surface area contributed by atoms with E-state index in [4.69, 9.17) is 0 Å². The molecular weight excluding hydrogens is 402 g/mol. The number of piperazine rings is 1. The van der Waals surface area contributed by atoms with Crippen molar-refractivity contribution in [3.8, 4) is 0 Å². The van der Waals surface area contributed by atoms with Gasteiger partial charge in [-0.3, -0.25) is 9.60 Å². The molecule has 0 aromatic heterocycles. The molecule has 4 unspecified atom stereocenters. The fourth-order valence-corrected chi connectivity index (χ4v) is 3.03. The van der Waals surface area contributed by atoms with E-state index in [0.717, 1.165) is 4.90 Å². The number of hydrogen-bond donors (Lipinski definition) is 0. The zero-order valence-corrected chi connectivity index (χ0v) is 14.2. The van der Waals surface area contributed by atoms with E-state index >= 15 is 0 Å². The van der Waals surface area contributed by atoms with Crippen LogP contribution in [0.4, 0.5) is 44.2 Å². The molecule has 0 spiro atoms. The predicted octanol–water partition coefficient (Wildman–Crippen LogP) is 3.40. The summed E-state index contributed by atoms with van der Waals surface area (Å²) in [5.41, 5.74) is 0. The molecule has 2 rings (SSSR count). The summed E-state index contributed by atoms with van der Waals surface area (Å²) < 4.78 is 124. The van der Waals surface area contributed by atoms with Crippen LogP contribution in [0.3, 0.4) is 0 Å². The molecule has 0 aliphatic carbocycles. The Morgan fingerprint density at radius 3 is 1.70 bits per heavy atom. The van der Waals surface area contributed by atoms with Crippen LogP contribution in [0.2, 0.25) is 0 Å². The van der Waals surface area contributed by atoms with Crippen LogP contribution in [0.1, 0.15) is 12.8 Å². The molecule has 0 saturated carbocycles. The van der Waals surface area contributed by atoms with E-state index in [2.05, 4.69) is 4.74 Å². The maximum atomic E-state index is 14.3. The van der Waals surface area contributed by atoms with Gasteiger partial charge in [0.15, 0.2) is 0 Å². The quantitative estimate of drug-likeness (QED) is 0.499. The number of rotatable bonds is 5. The lowest BCUT2D eigenvalue weighted by Gasteiger charge is -2.38. The van der Waals surface area contributed by atoms with Gasteiger partial charge < -0.3 is 9.64 Å². The van der Waals surface area contributed by atoms with Gasteiger partial charge in [-0.1, -0.05) is 0 Å². The number of halogens is 10. The van der Waals surface area contributed by atoms with E-state index < -0.39 is 55.5 Å². The van der Waals surface area contributed by atoms with Gasteiger partial charge in [-0.25, -0.2) is 17.6 Å². The summed E-state index contributed by atoms with van der Waals surface area (Å²) in [5, 5.41) is 0. The Morgan fingerprint density at radius 2 is 1.26 bits per heavy atom. The normalized spacial score (nSPS) is 28.7. The summed E-state index contributed by atoms with van der Waals surface area (Å²) >= 11 is 0. The van der Waals surface area contributed by atoms with E-state index in [9.17, 15) is 39.5 Å². The Hall–Kier alpha value is -0.820. The van der Waals surface area contributed by atoms with Crippen molar-refractivity contribution >= 4 is 0 Å². The second-order valence-corrected chi connectivity index (χ2v) is 6.62. The summed E-state index contributed by atoms with van der Waals surface area (Å²) in [6.07, 6.45) is -20.0. The van der Waals surface area contributed by atoms with Crippen molar-refractivity contribution in [2.24, 2.45) is 0 Å². The van der Waals surface area contributed by atoms with Crippen LogP contribution in [0.5, 0.6) is 0 Å². The van der Waals surface area contributed by atoms with Gasteiger partial charge in [0.25, 0.3) is 6.17 Å². The van der Waals surface area contributed by atoms with Crippen LogP contribution < -0.4 is 0 Å². The van der Waals surface area contributed by atoms with Crippen molar-refractivity contribution in [2.45, 2.75) is 55.5 Å². The molecule has 2 fully saturated rings. The van der Waals surface area contributed by atoms with E-state index in [0.29, 0.717) is 13.1 Å². The molecular formula is C14H20F10N2O. The van der Waals surface area contributed by atoms with E-state index in [-0.39, 0.29) is 17.8 Å². The van der Waals surface area contributed by atoms with Gasteiger partial charge in [-0.05, 0) is 19.9 Å². The van der Waals surface area contributed by atoms with Gasteiger partial charge >= 0.3 is 18.0 Å². The smallest absolute Gasteiger partial charge is 0.362 e. The highest BCUT2D eigenvalue weighted by Crippen LogP contribution is 2.45. The van der Waals surface area contributed by atoms with Crippen LogP contribution in [0.15, 0.2) is 0 Å². The highest BCUT2D eigenvalue weighted by molar-refractivity contribution is 4.98. The maximum absolute atomic E-state index is 14.3. The molecule has 27 heavy (non-hydrogen) atoms. The minimum Gasteiger partial charge on any atom is -0.362 e. The Morgan fingerprint density at radius 1 is 0.815 bits per heavy atom. The molecule has 162 valence electrons. The molecule has 0 aromatic carbocycles. The molecule has 2 aliphatic heterocycles. The monoisotopic (exact) mass is 422 g/mol. The molecule has 4 atom stereocenters. The first kappa shape index (κ1) is 24.2. The third-order valence-corrected chi connectivity index (χ3v) is 4.68. The van der Waals surface area contributed by atoms with Gasteiger partial charge in [0, 0.05) is 26.2 Å². The zero-order chi connectivity index (χ0) is 19.9. The fourth-order valence-electron chi connectivity index (χ4n) is 3.03. The molecule has 0 bridgehead atoms. The molecule has 2 saturated heterocycles. The van der Waals surface area contributed by atoms with Crippen molar-refractivity contribution in [3.05, 3.63) is 0 Å². The molecule has 0 N–H and O–H groups in total. The van der Waals surface area contributed by atoms with Crippen LogP contribution in [0.25, 0.3) is 0 Å². The SMILES string of the molecule is CN1CCN(C(F)C(F)(F)C2CCC(C(F)(F)C(F)C(F)(F)F)O2)CC1.F. The Labute approximate surface area is 148 Å². The highest BCUT2D eigenvalue weighted by atomic mass is 19.4. The molecule has 13 heteroatoms. The van der Waals surface area contributed by atoms with Crippen molar-refractivity contribution in [1.29, 1.82) is 0 Å². The summed E-state index contributed by atoms with van der Waals surface area (Å²) in [6, 6.07) is 0. The lowest BCUT2D eigenvalue weighted by molar-refractivity contribution is -0.282. The van der Waals surface area contributed by atoms with Crippen LogP contribution >= 0.6 is 0 Å². The summed E-state index contributed by atoms with van der Waals surface area (Å²) in [7, 11) is 1.71. The third kappa shape index (κ3) is 4.97. The van der Waals surface area contributed by atoms with Crippen molar-refractivity contribution in [2.75, 3.05) is 33.2 Å². The van der Waals surface area contributed by atoms with Gasteiger partial charge in [0.05, 0.1) is 0 Å². The van der Waals surface area contributed by atoms with Gasteiger partial charge in [-0.2, -0.15) is 22.0 Å². The van der Waals surface area contributed by atoms with Crippen LogP contribution in [-0.2, 0) is 4.74 Å². The third-order valence-electron chi connectivity index (χ3n) is 4.68. The Bertz CT molecular complexity index is 481. The van der Waals surface area contributed by atoms with Gasteiger partial charge in [0.2, 0.25) is 6.30 Å². The van der Waals surface area contributed by atoms with Crippen molar-refractivity contribution in [3.63, 3.8) is 0 Å². The fraction of sp³-hybridized carbons (Fsp3) is 1.00. The number of nitrogens with zero attached hydrogens (tertiary/aromatic N) is 2. The van der Waals surface area contributed by atoms with Crippen LogP contribution in [0, 0.1) is 0 Å². The Balaban J connectivity index is 0.00000364. The summed E-state index contributed by atoms with van der Waals surface area (Å²) in [4.78, 5) is 2.60. The second kappa shape index (κ2) is 8.27. The molecule has 0 radical (unpaired) electrons. The molecule has 3 nitrogen and oxygen atoms in total. The summed E-state index contributed by atoms with van der Waals surface area (Å²) in [5.74, 6) is -9.26. The maximum Gasteiger partial charge on any atom is 0.425 e. The first-order chi connectivity index (χ1) is 11.8. The molecule has 2 heterocycles. The highest BCUT2D eigenvalue weighted by Gasteiger charge is 2.64. The van der Waals surface area contributed by atoms with Crippen molar-refractivity contribution in [1.82, 2.24) is 9.80 Å². The predicted molar refractivity (Wildman–Crippen MR) is 75.2 cm³/mol. The average Bonchev–Trinajstić information content (AvgIpc) is 3.05. The zero-order valence-electron chi connectivity index (χ0n) is 14.2. The van der Waals surface area contributed by atoms with Crippen LogP contribution in [-0.4, -0.2) is 85.7 Å². The van der Waals surface area contributed by atoms with Gasteiger partial charge in [0.1, 0.15) is 12.2 Å². The van der Waals surface area contributed by atoms with E-state index in [1.54, 1.807) is 11.9 Å². The number of ether oxygens (including phenoxy) is 1. The average molecular weight is 422 g/mol. The Kier molecular flexibility index (Phi) is 7.42. The topological polar surface area (TPSA) is 15.7 Å². The number of likely N-dealkylation sites (N-methyl/N-ethyl adjacent to an activating group) is 1. The van der Waals surface area contributed by atoms with Crippen molar-refractivity contribution < 1.29 is 49.0 Å². The molecule has 0 amide bonds. The lowest BCUT2D eigenvalue weighted by Crippen LogP contribution is -2.57. The molecule has 2 aliphatic rings. The number of hydrogen-bond acceptors (Lipinski definition) is 3. The van der Waals surface area contributed by atoms with E-state index in [1.165, 1.54) is 0 Å². The minimum absolute atomic E-state index is 0. The molecule has 0 aromatic rings. The summed E-state index contributed by atoms with van der Waals surface area (Å²) in [6.45, 7) is 0.579. The number of alkyl halides is 9. The van der Waals surface area contributed by atoms with Gasteiger partial charge in [-0.15, -0.1) is 0 Å². The largest absolute Gasteiger partial charge is 0.425 e. The van der Waals surface area contributed by atoms with E-state index in [1.807, 2.05) is 0 Å². The second-order valence-electron chi connectivity index (χ2n) is 6.62. The first-order valence-corrected chi connectivity index (χ1v) is 7.96.